The molecule has 0 fully saturated rings. The Morgan fingerprint density at radius 1 is 0.963 bits per heavy atom. The molecule has 1 heterocycles. The van der Waals surface area contributed by atoms with E-state index in [2.05, 4.69) is 9.72 Å². The fraction of sp³-hybridized carbons (Fsp3) is 0.100. The highest BCUT2D eigenvalue weighted by Crippen LogP contribution is 2.31. The molecule has 0 saturated carbocycles. The number of pyridine rings is 1. The van der Waals surface area contributed by atoms with Gasteiger partial charge in [-0.15, -0.1) is 13.2 Å². The van der Waals surface area contributed by atoms with Gasteiger partial charge in [-0.3, -0.25) is 0 Å². The maximum Gasteiger partial charge on any atom is 0.573 e. The van der Waals surface area contributed by atoms with Crippen molar-refractivity contribution >= 4 is 0 Å². The van der Waals surface area contributed by atoms with E-state index in [0.717, 1.165) is 11.6 Å². The van der Waals surface area contributed by atoms with E-state index in [1.165, 1.54) is 18.3 Å². The van der Waals surface area contributed by atoms with Crippen LogP contribution in [0.5, 0.6) is 11.6 Å². The molecule has 0 radical (unpaired) electrons. The predicted octanol–water partition coefficient (Wildman–Crippen LogP) is 5.10. The number of ether oxygens (including phenoxy) is 2. The van der Waals surface area contributed by atoms with Crippen LogP contribution in [0.15, 0.2) is 66.9 Å². The highest BCUT2D eigenvalue weighted by atomic mass is 19.4. The summed E-state index contributed by atoms with van der Waals surface area (Å²) in [6.45, 7) is 0.355. The van der Waals surface area contributed by atoms with Crippen LogP contribution < -0.4 is 9.47 Å². The molecule has 0 spiro atoms. The molecule has 2 aromatic carbocycles. The van der Waals surface area contributed by atoms with Crippen LogP contribution in [0.4, 0.5) is 13.2 Å². The van der Waals surface area contributed by atoms with Crippen LogP contribution in [-0.2, 0) is 6.61 Å². The number of halogens is 3. The summed E-state index contributed by atoms with van der Waals surface area (Å²) in [6, 6.07) is 18.5. The summed E-state index contributed by atoms with van der Waals surface area (Å²) in [5.41, 5.74) is 1.80. The van der Waals surface area contributed by atoms with E-state index in [9.17, 15) is 13.2 Å². The molecule has 0 amide bonds. The molecule has 0 aliphatic rings. The van der Waals surface area contributed by atoms with Crippen molar-refractivity contribution in [3.8, 4) is 28.8 Å². The summed E-state index contributed by atoms with van der Waals surface area (Å²) in [5, 5.41) is 8.94. The van der Waals surface area contributed by atoms with Gasteiger partial charge in [0.05, 0.1) is 5.56 Å². The Kier molecular flexibility index (Phi) is 5.27. The van der Waals surface area contributed by atoms with Gasteiger partial charge in [-0.1, -0.05) is 36.4 Å². The minimum atomic E-state index is -4.88. The fourth-order valence-electron chi connectivity index (χ4n) is 2.37. The van der Waals surface area contributed by atoms with Gasteiger partial charge in [0.1, 0.15) is 18.4 Å². The van der Waals surface area contributed by atoms with Crippen molar-refractivity contribution in [3.63, 3.8) is 0 Å². The summed E-state index contributed by atoms with van der Waals surface area (Å²) in [5.74, 6) is -0.157. The number of nitriles is 1. The summed E-state index contributed by atoms with van der Waals surface area (Å²) >= 11 is 0. The van der Waals surface area contributed by atoms with Gasteiger partial charge < -0.3 is 9.47 Å². The topological polar surface area (TPSA) is 55.1 Å². The number of hydrogen-bond acceptors (Lipinski definition) is 4. The molecule has 4 nitrogen and oxygen atoms in total. The number of benzene rings is 2. The Balaban J connectivity index is 1.76. The van der Waals surface area contributed by atoms with Crippen molar-refractivity contribution in [1.82, 2.24) is 4.98 Å². The Morgan fingerprint density at radius 3 is 2.33 bits per heavy atom. The SMILES string of the molecule is N#Cc1ccc(-c2ccc(OCc3ccccc3)nc2)cc1OC(F)(F)F. The number of hydrogen-bond donors (Lipinski definition) is 0. The molecule has 0 N–H and O–H groups in total. The number of nitrogens with zero attached hydrogens (tertiary/aromatic N) is 2. The van der Waals surface area contributed by atoms with Gasteiger partial charge in [-0.05, 0) is 29.3 Å². The van der Waals surface area contributed by atoms with Crippen LogP contribution >= 0.6 is 0 Å². The van der Waals surface area contributed by atoms with E-state index < -0.39 is 12.1 Å². The van der Waals surface area contributed by atoms with E-state index in [-0.39, 0.29) is 5.56 Å². The molecule has 0 aliphatic heterocycles. The molecule has 7 heteroatoms. The molecule has 1 aromatic heterocycles. The molecule has 3 rings (SSSR count). The van der Waals surface area contributed by atoms with Gasteiger partial charge in [0.2, 0.25) is 5.88 Å². The molecule has 0 unspecified atom stereocenters. The molecule has 3 aromatic rings. The predicted molar refractivity (Wildman–Crippen MR) is 91.8 cm³/mol. The highest BCUT2D eigenvalue weighted by molar-refractivity contribution is 5.66. The number of rotatable bonds is 5. The minimum absolute atomic E-state index is 0.202. The zero-order valence-corrected chi connectivity index (χ0v) is 13.9. The molecule has 0 bridgehead atoms. The van der Waals surface area contributed by atoms with Crippen LogP contribution in [0.3, 0.4) is 0 Å². The third-order valence-corrected chi connectivity index (χ3v) is 3.63. The van der Waals surface area contributed by atoms with Crippen LogP contribution in [-0.4, -0.2) is 11.3 Å². The van der Waals surface area contributed by atoms with E-state index in [1.807, 2.05) is 30.3 Å². The lowest BCUT2D eigenvalue weighted by Crippen LogP contribution is -2.17. The van der Waals surface area contributed by atoms with Gasteiger partial charge in [0.25, 0.3) is 0 Å². The summed E-state index contributed by atoms with van der Waals surface area (Å²) < 4.78 is 47.0. The van der Waals surface area contributed by atoms with Crippen LogP contribution in [0.1, 0.15) is 11.1 Å². The monoisotopic (exact) mass is 370 g/mol. The van der Waals surface area contributed by atoms with Crippen molar-refractivity contribution in [2.75, 3.05) is 0 Å². The Hall–Kier alpha value is -3.53. The first-order valence-electron chi connectivity index (χ1n) is 7.88. The van der Waals surface area contributed by atoms with E-state index >= 15 is 0 Å². The Bertz CT molecular complexity index is 950. The molecule has 0 atom stereocenters. The van der Waals surface area contributed by atoms with Crippen molar-refractivity contribution in [2.45, 2.75) is 13.0 Å². The maximum absolute atomic E-state index is 12.5. The lowest BCUT2D eigenvalue weighted by Gasteiger charge is -2.12. The van der Waals surface area contributed by atoms with Crippen molar-refractivity contribution < 1.29 is 22.6 Å². The Morgan fingerprint density at radius 2 is 1.70 bits per heavy atom. The molecular weight excluding hydrogens is 357 g/mol. The first-order valence-corrected chi connectivity index (χ1v) is 7.88. The fourth-order valence-corrected chi connectivity index (χ4v) is 2.37. The molecule has 0 saturated heterocycles. The number of alkyl halides is 3. The molecule has 136 valence electrons. The average Bonchev–Trinajstić information content (AvgIpc) is 2.66. The van der Waals surface area contributed by atoms with Gasteiger partial charge in [-0.25, -0.2) is 4.98 Å². The average molecular weight is 370 g/mol. The lowest BCUT2D eigenvalue weighted by molar-refractivity contribution is -0.274. The second kappa shape index (κ2) is 7.79. The third kappa shape index (κ3) is 4.98. The van der Waals surface area contributed by atoms with Gasteiger partial charge in [-0.2, -0.15) is 5.26 Å². The third-order valence-electron chi connectivity index (χ3n) is 3.63. The van der Waals surface area contributed by atoms with Crippen LogP contribution in [0, 0.1) is 11.3 Å². The van der Waals surface area contributed by atoms with Crippen molar-refractivity contribution in [2.24, 2.45) is 0 Å². The minimum Gasteiger partial charge on any atom is -0.473 e. The maximum atomic E-state index is 12.5. The second-order valence-electron chi connectivity index (χ2n) is 5.53. The molecule has 27 heavy (non-hydrogen) atoms. The van der Waals surface area contributed by atoms with E-state index in [4.69, 9.17) is 10.00 Å². The largest absolute Gasteiger partial charge is 0.573 e. The van der Waals surface area contributed by atoms with Crippen molar-refractivity contribution in [3.05, 3.63) is 78.0 Å². The summed E-state index contributed by atoms with van der Waals surface area (Å²) in [4.78, 5) is 4.17. The number of aromatic nitrogens is 1. The van der Waals surface area contributed by atoms with Gasteiger partial charge in [0, 0.05) is 17.8 Å². The normalized spacial score (nSPS) is 10.9. The second-order valence-corrected chi connectivity index (χ2v) is 5.53. The summed E-state index contributed by atoms with van der Waals surface area (Å²) in [7, 11) is 0. The quantitative estimate of drug-likeness (QED) is 0.627. The zero-order valence-electron chi connectivity index (χ0n) is 13.9. The van der Waals surface area contributed by atoms with Gasteiger partial charge in [0.15, 0.2) is 0 Å². The molecular formula is C20H13F3N2O2. The smallest absolute Gasteiger partial charge is 0.473 e. The zero-order chi connectivity index (χ0) is 19.3. The summed E-state index contributed by atoms with van der Waals surface area (Å²) in [6.07, 6.45) is -3.39. The van der Waals surface area contributed by atoms with E-state index in [0.29, 0.717) is 23.6 Å². The first-order chi connectivity index (χ1) is 12.9. The van der Waals surface area contributed by atoms with Crippen LogP contribution in [0.25, 0.3) is 11.1 Å². The lowest BCUT2D eigenvalue weighted by atomic mass is 10.1. The first kappa shape index (κ1) is 18.3. The van der Waals surface area contributed by atoms with Crippen molar-refractivity contribution in [1.29, 1.82) is 5.26 Å². The van der Waals surface area contributed by atoms with E-state index in [1.54, 1.807) is 18.2 Å². The Labute approximate surface area is 153 Å². The van der Waals surface area contributed by atoms with Crippen LogP contribution in [0.2, 0.25) is 0 Å². The molecule has 0 aliphatic carbocycles. The standard InChI is InChI=1S/C20H13F3N2O2/c21-20(22,23)27-18-10-15(6-7-16(18)11-24)17-8-9-19(25-12-17)26-13-14-4-2-1-3-5-14/h1-10,12H,13H2. The highest BCUT2D eigenvalue weighted by Gasteiger charge is 2.32. The van der Waals surface area contributed by atoms with Gasteiger partial charge >= 0.3 is 6.36 Å².